The Hall–Kier alpha value is -2.41. The molecule has 1 atom stereocenters. The van der Waals surface area contributed by atoms with Crippen molar-refractivity contribution in [1.29, 1.82) is 0 Å². The van der Waals surface area contributed by atoms with Gasteiger partial charge in [-0.25, -0.2) is 9.97 Å². The van der Waals surface area contributed by atoms with E-state index in [9.17, 15) is 4.79 Å². The lowest BCUT2D eigenvalue weighted by Gasteiger charge is -2.14. The summed E-state index contributed by atoms with van der Waals surface area (Å²) in [5.74, 6) is 1.67. The minimum absolute atomic E-state index is 0.115. The van der Waals surface area contributed by atoms with Gasteiger partial charge in [0, 0.05) is 11.5 Å². The molecule has 0 spiro atoms. The first-order chi connectivity index (χ1) is 11.6. The number of carbonyl (C=O) groups excluding carboxylic acids is 1. The van der Waals surface area contributed by atoms with Crippen LogP contribution in [0.4, 0.5) is 5.82 Å². The van der Waals surface area contributed by atoms with Gasteiger partial charge in [0.25, 0.3) is 0 Å². The lowest BCUT2D eigenvalue weighted by Crippen LogP contribution is -2.24. The van der Waals surface area contributed by atoms with Crippen molar-refractivity contribution in [2.24, 2.45) is 0 Å². The third-order valence-corrected chi connectivity index (χ3v) is 4.84. The van der Waals surface area contributed by atoms with E-state index in [1.54, 1.807) is 13.0 Å². The van der Waals surface area contributed by atoms with Crippen LogP contribution in [0.1, 0.15) is 24.9 Å². The molecule has 1 unspecified atom stereocenters. The van der Waals surface area contributed by atoms with E-state index in [0.29, 0.717) is 23.8 Å². The highest BCUT2D eigenvalue weighted by Gasteiger charge is 2.21. The fraction of sp³-hybridized carbons (Fsp3) is 0.294. The molecule has 0 bridgehead atoms. The maximum atomic E-state index is 12.5. The van der Waals surface area contributed by atoms with Gasteiger partial charge in [-0.15, -0.1) is 0 Å². The zero-order valence-corrected chi connectivity index (χ0v) is 14.6. The predicted octanol–water partition coefficient (Wildman–Crippen LogP) is 3.74. The average molecular weight is 342 g/mol. The Morgan fingerprint density at radius 1 is 1.29 bits per heavy atom. The molecule has 24 heavy (non-hydrogen) atoms. The molecule has 0 saturated carbocycles. The van der Waals surface area contributed by atoms with E-state index in [1.165, 1.54) is 11.8 Å². The van der Waals surface area contributed by atoms with Crippen molar-refractivity contribution in [3.05, 3.63) is 41.9 Å². The second-order valence-electron chi connectivity index (χ2n) is 5.42. The molecule has 0 fully saturated rings. The molecule has 3 rings (SSSR count). The normalized spacial score (nSPS) is 12.3. The summed E-state index contributed by atoms with van der Waals surface area (Å²) in [5.41, 5.74) is 0.884. The van der Waals surface area contributed by atoms with Gasteiger partial charge < -0.3 is 9.84 Å². The van der Waals surface area contributed by atoms with Crippen molar-refractivity contribution in [3.8, 4) is 0 Å². The van der Waals surface area contributed by atoms with Crippen molar-refractivity contribution in [2.75, 3.05) is 5.32 Å². The van der Waals surface area contributed by atoms with Crippen LogP contribution in [0.15, 0.2) is 39.9 Å². The zero-order chi connectivity index (χ0) is 17.1. The van der Waals surface area contributed by atoms with Crippen LogP contribution in [0.25, 0.3) is 10.9 Å². The number of anilines is 1. The lowest BCUT2D eigenvalue weighted by atomic mass is 10.2. The number of hydrogen-bond acceptors (Lipinski definition) is 6. The number of benzene rings is 1. The van der Waals surface area contributed by atoms with E-state index in [0.717, 1.165) is 15.9 Å². The van der Waals surface area contributed by atoms with Crippen LogP contribution < -0.4 is 5.32 Å². The number of para-hydroxylation sites is 1. The van der Waals surface area contributed by atoms with E-state index in [4.69, 9.17) is 4.52 Å². The highest BCUT2D eigenvalue weighted by Crippen LogP contribution is 2.30. The van der Waals surface area contributed by atoms with Crippen molar-refractivity contribution in [3.63, 3.8) is 0 Å². The lowest BCUT2D eigenvalue weighted by molar-refractivity contribution is -0.115. The highest BCUT2D eigenvalue weighted by molar-refractivity contribution is 8.00. The molecule has 124 valence electrons. The van der Waals surface area contributed by atoms with Gasteiger partial charge in [-0.2, -0.15) is 0 Å². The summed E-state index contributed by atoms with van der Waals surface area (Å²) in [4.78, 5) is 21.5. The largest absolute Gasteiger partial charge is 0.360 e. The minimum Gasteiger partial charge on any atom is -0.360 e. The van der Waals surface area contributed by atoms with Crippen LogP contribution in [0.5, 0.6) is 0 Å². The molecular formula is C17H18N4O2S. The van der Waals surface area contributed by atoms with Crippen LogP contribution in [-0.4, -0.2) is 26.3 Å². The van der Waals surface area contributed by atoms with Gasteiger partial charge in [0.05, 0.1) is 10.8 Å². The summed E-state index contributed by atoms with van der Waals surface area (Å²) in [6.07, 6.45) is 0.671. The number of aryl methyl sites for hydroxylation is 2. The maximum Gasteiger partial charge on any atom is 0.239 e. The second-order valence-corrected chi connectivity index (χ2v) is 6.61. The minimum atomic E-state index is -0.278. The Morgan fingerprint density at radius 3 is 2.79 bits per heavy atom. The number of carbonyl (C=O) groups is 1. The SMILES string of the molecule is CCC(Sc1nc(C)nc2ccccc12)C(=O)Nc1cc(C)on1. The fourth-order valence-corrected chi connectivity index (χ4v) is 3.42. The number of nitrogens with zero attached hydrogens (tertiary/aromatic N) is 3. The number of hydrogen-bond donors (Lipinski definition) is 1. The Labute approximate surface area is 144 Å². The third-order valence-electron chi connectivity index (χ3n) is 3.48. The topological polar surface area (TPSA) is 80.9 Å². The molecule has 0 aliphatic heterocycles. The molecular weight excluding hydrogens is 324 g/mol. The summed E-state index contributed by atoms with van der Waals surface area (Å²) in [7, 11) is 0. The van der Waals surface area contributed by atoms with Gasteiger partial charge in [-0.05, 0) is 26.3 Å². The molecule has 2 heterocycles. The monoisotopic (exact) mass is 342 g/mol. The molecule has 0 aliphatic rings. The fourth-order valence-electron chi connectivity index (χ4n) is 2.34. The smallest absolute Gasteiger partial charge is 0.239 e. The van der Waals surface area contributed by atoms with Gasteiger partial charge in [-0.1, -0.05) is 42.0 Å². The van der Waals surface area contributed by atoms with Gasteiger partial charge in [0.2, 0.25) is 5.91 Å². The number of fused-ring (bicyclic) bond motifs is 1. The number of amides is 1. The first-order valence-corrected chi connectivity index (χ1v) is 8.59. The van der Waals surface area contributed by atoms with E-state index >= 15 is 0 Å². The summed E-state index contributed by atoms with van der Waals surface area (Å²) < 4.78 is 4.98. The zero-order valence-electron chi connectivity index (χ0n) is 13.7. The molecule has 1 N–H and O–H groups in total. The molecule has 1 amide bonds. The average Bonchev–Trinajstić information content (AvgIpc) is 2.97. The number of thioether (sulfide) groups is 1. The van der Waals surface area contributed by atoms with Gasteiger partial charge in [0.1, 0.15) is 16.6 Å². The van der Waals surface area contributed by atoms with Crippen molar-refractivity contribution < 1.29 is 9.32 Å². The Balaban J connectivity index is 1.84. The third kappa shape index (κ3) is 3.56. The summed E-state index contributed by atoms with van der Waals surface area (Å²) in [6, 6.07) is 9.51. The first-order valence-electron chi connectivity index (χ1n) is 7.71. The molecule has 0 radical (unpaired) electrons. The number of nitrogens with one attached hydrogen (secondary N) is 1. The van der Waals surface area contributed by atoms with Crippen molar-refractivity contribution in [2.45, 2.75) is 37.5 Å². The molecule has 1 aromatic carbocycles. The van der Waals surface area contributed by atoms with Crippen LogP contribution in [0, 0.1) is 13.8 Å². The molecule has 7 heteroatoms. The highest BCUT2D eigenvalue weighted by atomic mass is 32.2. The quantitative estimate of drug-likeness (QED) is 0.562. The summed E-state index contributed by atoms with van der Waals surface area (Å²) in [5, 5.41) is 8.08. The second kappa shape index (κ2) is 7.00. The van der Waals surface area contributed by atoms with E-state index < -0.39 is 0 Å². The van der Waals surface area contributed by atoms with Crippen LogP contribution in [0.2, 0.25) is 0 Å². The van der Waals surface area contributed by atoms with Crippen molar-refractivity contribution in [1.82, 2.24) is 15.1 Å². The Morgan fingerprint density at radius 2 is 2.08 bits per heavy atom. The standard InChI is InChI=1S/C17H18N4O2S/c1-4-14(16(22)20-15-9-10(2)23-21-15)24-17-12-7-5-6-8-13(12)18-11(3)19-17/h5-9,14H,4H2,1-3H3,(H,20,21,22). The molecule has 0 saturated heterocycles. The maximum absolute atomic E-state index is 12.5. The molecule has 3 aromatic rings. The number of aromatic nitrogens is 3. The van der Waals surface area contributed by atoms with Crippen molar-refractivity contribution >= 4 is 34.4 Å². The van der Waals surface area contributed by atoms with E-state index in [2.05, 4.69) is 20.4 Å². The molecule has 0 aliphatic carbocycles. The summed E-state index contributed by atoms with van der Waals surface area (Å²) >= 11 is 1.44. The van der Waals surface area contributed by atoms with Gasteiger partial charge in [-0.3, -0.25) is 4.79 Å². The van der Waals surface area contributed by atoms with Crippen LogP contribution in [-0.2, 0) is 4.79 Å². The van der Waals surface area contributed by atoms with E-state index in [-0.39, 0.29) is 11.2 Å². The first kappa shape index (κ1) is 16.4. The predicted molar refractivity (Wildman–Crippen MR) is 94.1 cm³/mol. The number of rotatable bonds is 5. The van der Waals surface area contributed by atoms with Gasteiger partial charge in [0.15, 0.2) is 5.82 Å². The van der Waals surface area contributed by atoms with Gasteiger partial charge >= 0.3 is 0 Å². The molecule has 2 aromatic heterocycles. The van der Waals surface area contributed by atoms with E-state index in [1.807, 2.05) is 38.1 Å². The Kier molecular flexibility index (Phi) is 4.80. The van der Waals surface area contributed by atoms with Crippen LogP contribution >= 0.6 is 11.8 Å². The Bertz CT molecular complexity index is 878. The summed E-state index contributed by atoms with van der Waals surface area (Å²) in [6.45, 7) is 5.61. The van der Waals surface area contributed by atoms with Crippen LogP contribution in [0.3, 0.4) is 0 Å². The molecule has 6 nitrogen and oxygen atoms in total.